The smallest absolute Gasteiger partial charge is 0.330 e. The topological polar surface area (TPSA) is 105 Å². The third-order valence-corrected chi connectivity index (χ3v) is 6.49. The summed E-state index contributed by atoms with van der Waals surface area (Å²) in [7, 11) is 1.99. The summed E-state index contributed by atoms with van der Waals surface area (Å²) in [6.07, 6.45) is -0.00126. The fourth-order valence-electron chi connectivity index (χ4n) is 2.01. The molecule has 0 radical (unpaired) electrons. The predicted molar refractivity (Wildman–Crippen MR) is 96.4 cm³/mol. The molecule has 9 heteroatoms. The Bertz CT molecular complexity index is 746. The number of benzene rings is 1. The number of rotatable bonds is 7. The Morgan fingerprint density at radius 3 is 2.42 bits per heavy atom. The van der Waals surface area contributed by atoms with Crippen LogP contribution in [0.1, 0.15) is 43.0 Å². The Morgan fingerprint density at radius 1 is 1.23 bits per heavy atom. The van der Waals surface area contributed by atoms with Crippen molar-refractivity contribution in [3.63, 3.8) is 0 Å². The number of hydrogen-bond acceptors (Lipinski definition) is 8. The first-order chi connectivity index (χ1) is 12.3. The molecule has 1 aliphatic heterocycles. The van der Waals surface area contributed by atoms with Crippen molar-refractivity contribution in [3.05, 3.63) is 35.9 Å². The molecule has 0 aromatic heterocycles. The Kier molecular flexibility index (Phi) is 6.83. The zero-order valence-corrected chi connectivity index (χ0v) is 15.6. The monoisotopic (exact) mass is 392 g/mol. The molecule has 1 atom stereocenters. The maximum Gasteiger partial charge on any atom is 0.333 e. The van der Waals surface area contributed by atoms with E-state index in [-0.39, 0.29) is 30.8 Å². The molecule has 0 bridgehead atoms. The summed E-state index contributed by atoms with van der Waals surface area (Å²) in [5, 5.41) is 9.68. The zero-order valence-electron chi connectivity index (χ0n) is 14.0. The fraction of sp³-hybridized carbons (Fsp3) is 0.353. The molecule has 0 N–H and O–H groups in total. The van der Waals surface area contributed by atoms with E-state index in [0.29, 0.717) is 10.6 Å². The van der Waals surface area contributed by atoms with Gasteiger partial charge in [0.1, 0.15) is 4.75 Å². The SMILES string of the molecule is CC(C#N)(CCC(=O)ON1C(=O)CCC1=O)SSC(=O)c1ccccc1. The van der Waals surface area contributed by atoms with Crippen molar-refractivity contribution in [2.45, 2.75) is 37.4 Å². The van der Waals surface area contributed by atoms with Gasteiger partial charge in [-0.1, -0.05) is 41.1 Å². The quantitative estimate of drug-likeness (QED) is 0.515. The Morgan fingerprint density at radius 2 is 1.85 bits per heavy atom. The summed E-state index contributed by atoms with van der Waals surface area (Å²) < 4.78 is -1.01. The molecule has 2 rings (SSSR count). The third-order valence-electron chi connectivity index (χ3n) is 3.55. The maximum atomic E-state index is 12.1. The van der Waals surface area contributed by atoms with Crippen LogP contribution in [0.2, 0.25) is 0 Å². The average molecular weight is 392 g/mol. The van der Waals surface area contributed by atoms with E-state index in [2.05, 4.69) is 6.07 Å². The molecule has 1 unspecified atom stereocenters. The minimum absolute atomic E-state index is 0.0239. The second-order valence-electron chi connectivity index (χ2n) is 5.71. The van der Waals surface area contributed by atoms with E-state index in [1.54, 1.807) is 37.3 Å². The van der Waals surface area contributed by atoms with Crippen LogP contribution in [-0.4, -0.2) is 32.7 Å². The van der Waals surface area contributed by atoms with E-state index in [0.717, 1.165) is 21.6 Å². The van der Waals surface area contributed by atoms with Gasteiger partial charge in [0.2, 0.25) is 5.12 Å². The standard InChI is InChI=1S/C17H16N2O5S2/c1-17(11-18,26-25-16(23)12-5-3-2-4-6-12)10-9-15(22)24-19-13(20)7-8-14(19)21/h2-6H,7-10H2,1H3. The second-order valence-corrected chi connectivity index (χ2v) is 8.31. The van der Waals surface area contributed by atoms with Crippen LogP contribution in [0, 0.1) is 11.3 Å². The number of carbonyl (C=O) groups excluding carboxylic acids is 4. The molecular weight excluding hydrogens is 376 g/mol. The van der Waals surface area contributed by atoms with Crippen molar-refractivity contribution in [2.75, 3.05) is 0 Å². The lowest BCUT2D eigenvalue weighted by Gasteiger charge is -2.19. The molecule has 1 heterocycles. The first kappa shape index (κ1) is 20.0. The van der Waals surface area contributed by atoms with Gasteiger partial charge in [0.05, 0.1) is 12.5 Å². The Labute approximate surface area is 158 Å². The number of amides is 2. The van der Waals surface area contributed by atoms with Gasteiger partial charge in [-0.25, -0.2) is 4.79 Å². The van der Waals surface area contributed by atoms with Crippen LogP contribution in [0.25, 0.3) is 0 Å². The Balaban J connectivity index is 1.84. The largest absolute Gasteiger partial charge is 0.333 e. The molecule has 1 aliphatic rings. The van der Waals surface area contributed by atoms with Crippen molar-refractivity contribution in [1.82, 2.24) is 5.06 Å². The van der Waals surface area contributed by atoms with Crippen molar-refractivity contribution in [3.8, 4) is 6.07 Å². The lowest BCUT2D eigenvalue weighted by molar-refractivity contribution is -0.197. The second kappa shape index (κ2) is 8.87. The van der Waals surface area contributed by atoms with Gasteiger partial charge in [-0.05, 0) is 24.1 Å². The normalized spacial score (nSPS) is 16.1. The predicted octanol–water partition coefficient (Wildman–Crippen LogP) is 2.88. The minimum Gasteiger partial charge on any atom is -0.330 e. The lowest BCUT2D eigenvalue weighted by Crippen LogP contribution is -2.32. The summed E-state index contributed by atoms with van der Waals surface area (Å²) >= 11 is 0. The Hall–Kier alpha value is -2.31. The van der Waals surface area contributed by atoms with Crippen molar-refractivity contribution >= 4 is 44.5 Å². The molecule has 7 nitrogen and oxygen atoms in total. The van der Waals surface area contributed by atoms with Crippen molar-refractivity contribution < 1.29 is 24.0 Å². The van der Waals surface area contributed by atoms with Crippen LogP contribution in [-0.2, 0) is 19.2 Å². The molecule has 0 saturated carbocycles. The molecular formula is C17H16N2O5S2. The van der Waals surface area contributed by atoms with Crippen molar-refractivity contribution in [2.24, 2.45) is 0 Å². The lowest BCUT2D eigenvalue weighted by atomic mass is 10.1. The number of carbonyl (C=O) groups is 4. The van der Waals surface area contributed by atoms with Crippen LogP contribution in [0.4, 0.5) is 0 Å². The molecule has 2 amide bonds. The fourth-order valence-corrected chi connectivity index (χ4v) is 4.16. The molecule has 26 heavy (non-hydrogen) atoms. The van der Waals surface area contributed by atoms with Crippen LogP contribution in [0.5, 0.6) is 0 Å². The van der Waals surface area contributed by atoms with Crippen LogP contribution in [0.3, 0.4) is 0 Å². The van der Waals surface area contributed by atoms with Gasteiger partial charge in [-0.3, -0.25) is 14.4 Å². The van der Waals surface area contributed by atoms with Gasteiger partial charge in [0.15, 0.2) is 0 Å². The van der Waals surface area contributed by atoms with Gasteiger partial charge in [-0.2, -0.15) is 5.26 Å². The molecule has 0 spiro atoms. The first-order valence-corrected chi connectivity index (χ1v) is 9.92. The summed E-state index contributed by atoms with van der Waals surface area (Å²) in [6, 6.07) is 10.7. The molecule has 1 aromatic rings. The maximum absolute atomic E-state index is 12.1. The highest BCUT2D eigenvalue weighted by Gasteiger charge is 2.34. The zero-order chi connectivity index (χ0) is 19.2. The van der Waals surface area contributed by atoms with Gasteiger partial charge in [0.25, 0.3) is 11.8 Å². The highest BCUT2D eigenvalue weighted by atomic mass is 33.1. The highest BCUT2D eigenvalue weighted by molar-refractivity contribution is 8.82. The van der Waals surface area contributed by atoms with E-state index in [9.17, 15) is 24.4 Å². The van der Waals surface area contributed by atoms with Gasteiger partial charge >= 0.3 is 5.97 Å². The van der Waals surface area contributed by atoms with Crippen LogP contribution < -0.4 is 0 Å². The summed E-state index contributed by atoms with van der Waals surface area (Å²) in [5.74, 6) is -1.87. The van der Waals surface area contributed by atoms with E-state index >= 15 is 0 Å². The summed E-state index contributed by atoms with van der Waals surface area (Å²) in [6.45, 7) is 1.61. The number of hydroxylamine groups is 2. The average Bonchev–Trinajstić information content (AvgIpc) is 2.97. The van der Waals surface area contributed by atoms with Gasteiger partial charge < -0.3 is 4.84 Å². The molecule has 1 saturated heterocycles. The van der Waals surface area contributed by atoms with E-state index in [4.69, 9.17) is 4.84 Å². The summed E-state index contributed by atoms with van der Waals surface area (Å²) in [4.78, 5) is 51.6. The number of hydrogen-bond donors (Lipinski definition) is 0. The van der Waals surface area contributed by atoms with Gasteiger partial charge in [0, 0.05) is 18.4 Å². The molecule has 1 fully saturated rings. The van der Waals surface area contributed by atoms with E-state index in [1.807, 2.05) is 0 Å². The highest BCUT2D eigenvalue weighted by Crippen LogP contribution is 2.40. The van der Waals surface area contributed by atoms with E-state index < -0.39 is 22.5 Å². The first-order valence-electron chi connectivity index (χ1n) is 7.77. The minimum atomic E-state index is -1.01. The van der Waals surface area contributed by atoms with Gasteiger partial charge in [-0.15, -0.1) is 5.06 Å². The van der Waals surface area contributed by atoms with Crippen LogP contribution >= 0.6 is 21.6 Å². The van der Waals surface area contributed by atoms with Crippen LogP contribution in [0.15, 0.2) is 30.3 Å². The molecule has 136 valence electrons. The molecule has 0 aliphatic carbocycles. The van der Waals surface area contributed by atoms with Crippen molar-refractivity contribution in [1.29, 1.82) is 5.26 Å². The van der Waals surface area contributed by atoms with E-state index in [1.165, 1.54) is 0 Å². The number of imide groups is 1. The summed E-state index contributed by atoms with van der Waals surface area (Å²) in [5.41, 5.74) is 0.524. The number of nitriles is 1. The molecule has 1 aromatic carbocycles. The number of nitrogens with zero attached hydrogens (tertiary/aromatic N) is 2. The third kappa shape index (κ3) is 5.34.